The predicted octanol–water partition coefficient (Wildman–Crippen LogP) is 2.48. The van der Waals surface area contributed by atoms with Gasteiger partial charge in [0.15, 0.2) is 5.13 Å². The molecule has 2 heterocycles. The Morgan fingerprint density at radius 1 is 1.23 bits per heavy atom. The number of carbonyl (C=O) groups is 1. The van der Waals surface area contributed by atoms with Gasteiger partial charge < -0.3 is 15.3 Å². The van der Waals surface area contributed by atoms with E-state index in [0.717, 1.165) is 15.4 Å². The Hall–Kier alpha value is -3.08. The van der Waals surface area contributed by atoms with E-state index in [1.165, 1.54) is 11.3 Å². The highest BCUT2D eigenvalue weighted by Crippen LogP contribution is 2.32. The van der Waals surface area contributed by atoms with E-state index in [1.54, 1.807) is 4.90 Å². The van der Waals surface area contributed by atoms with Gasteiger partial charge in [0.2, 0.25) is 17.7 Å². The number of nitrogens with one attached hydrogen (secondary N) is 2. The van der Waals surface area contributed by atoms with Crippen molar-refractivity contribution in [3.05, 3.63) is 62.4 Å². The molecule has 0 atom stereocenters. The zero-order chi connectivity index (χ0) is 22.0. The van der Waals surface area contributed by atoms with Crippen LogP contribution in [0.1, 0.15) is 4.88 Å². The van der Waals surface area contributed by atoms with Crippen LogP contribution in [0, 0.1) is 0 Å². The van der Waals surface area contributed by atoms with Crippen LogP contribution in [0.4, 0.5) is 16.5 Å². The number of aromatic hydroxyl groups is 1. The molecular formula is C21H19BrN6O2S. The van der Waals surface area contributed by atoms with Crippen molar-refractivity contribution >= 4 is 61.7 Å². The van der Waals surface area contributed by atoms with E-state index in [0.29, 0.717) is 21.1 Å². The van der Waals surface area contributed by atoms with Crippen molar-refractivity contribution in [2.45, 2.75) is 0 Å². The molecule has 3 N–H and O–H groups in total. The summed E-state index contributed by atoms with van der Waals surface area (Å²) in [5, 5.41) is 18.3. The van der Waals surface area contributed by atoms with Gasteiger partial charge in [-0.1, -0.05) is 29.5 Å². The van der Waals surface area contributed by atoms with Crippen LogP contribution in [-0.2, 0) is 4.79 Å². The van der Waals surface area contributed by atoms with Crippen molar-refractivity contribution < 1.29 is 9.90 Å². The third-order valence-corrected chi connectivity index (χ3v) is 5.81. The normalized spacial score (nSPS) is 13.0. The van der Waals surface area contributed by atoms with Crippen LogP contribution in [0.25, 0.3) is 6.08 Å². The summed E-state index contributed by atoms with van der Waals surface area (Å²) < 4.78 is 0.906. The molecule has 0 fully saturated rings. The van der Waals surface area contributed by atoms with Crippen LogP contribution in [0.15, 0.2) is 56.9 Å². The van der Waals surface area contributed by atoms with Crippen LogP contribution in [0.3, 0.4) is 0 Å². The van der Waals surface area contributed by atoms with Crippen molar-refractivity contribution in [2.75, 3.05) is 26.0 Å². The Balaban J connectivity index is 1.55. The molecule has 158 valence electrons. The van der Waals surface area contributed by atoms with Crippen molar-refractivity contribution in [2.24, 2.45) is 9.98 Å². The Morgan fingerprint density at radius 3 is 2.81 bits per heavy atom. The van der Waals surface area contributed by atoms with Gasteiger partial charge in [-0.05, 0) is 65.6 Å². The lowest BCUT2D eigenvalue weighted by atomic mass is 10.2. The largest absolute Gasteiger partial charge is 0.492 e. The van der Waals surface area contributed by atoms with Crippen LogP contribution in [-0.4, -0.2) is 47.5 Å². The highest BCUT2D eigenvalue weighted by molar-refractivity contribution is 9.10. The molecule has 0 unspecified atom stereocenters. The first-order chi connectivity index (χ1) is 14.9. The minimum absolute atomic E-state index is 0.0510. The van der Waals surface area contributed by atoms with Crippen LogP contribution >= 0.6 is 27.3 Å². The summed E-state index contributed by atoms with van der Waals surface area (Å²) in [6.45, 7) is 0.254. The molecule has 10 heteroatoms. The predicted molar refractivity (Wildman–Crippen MR) is 126 cm³/mol. The topological polar surface area (TPSA) is 102 Å². The molecule has 0 bridgehead atoms. The fraction of sp³-hybridized carbons (Fsp3) is 0.143. The van der Waals surface area contributed by atoms with E-state index in [1.807, 2.05) is 62.6 Å². The summed E-state index contributed by atoms with van der Waals surface area (Å²) in [5.74, 6) is 0.0520. The Labute approximate surface area is 190 Å². The lowest BCUT2D eigenvalue weighted by Gasteiger charge is -2.08. The molecular weight excluding hydrogens is 480 g/mol. The summed E-state index contributed by atoms with van der Waals surface area (Å²) in [4.78, 5) is 27.2. The average molecular weight is 499 g/mol. The van der Waals surface area contributed by atoms with Crippen LogP contribution in [0.5, 0.6) is 5.88 Å². The number of anilines is 2. The number of aliphatic imine (C=N–C) groups is 1. The summed E-state index contributed by atoms with van der Waals surface area (Å²) in [5.41, 5.74) is 1.52. The molecule has 4 rings (SSSR count). The van der Waals surface area contributed by atoms with Gasteiger partial charge in [0.05, 0.1) is 28.2 Å². The lowest BCUT2D eigenvalue weighted by molar-refractivity contribution is -0.120. The quantitative estimate of drug-likeness (QED) is 0.501. The number of likely N-dealkylation sites (N-methyl/N-ethyl adjacent to an activating group) is 1. The van der Waals surface area contributed by atoms with Gasteiger partial charge in [-0.15, -0.1) is 0 Å². The number of para-hydroxylation sites is 1. The van der Waals surface area contributed by atoms with Gasteiger partial charge in [0, 0.05) is 4.47 Å². The van der Waals surface area contributed by atoms with E-state index < -0.39 is 0 Å². The first-order valence-electron chi connectivity index (χ1n) is 9.32. The molecule has 31 heavy (non-hydrogen) atoms. The molecule has 2 aromatic carbocycles. The zero-order valence-corrected chi connectivity index (χ0v) is 19.2. The molecule has 0 saturated heterocycles. The maximum absolute atomic E-state index is 11.9. The highest BCUT2D eigenvalue weighted by Gasteiger charge is 2.13. The van der Waals surface area contributed by atoms with E-state index >= 15 is 0 Å². The molecule has 0 aliphatic carbocycles. The number of hydrogen-bond donors (Lipinski definition) is 3. The zero-order valence-electron chi connectivity index (χ0n) is 16.8. The fourth-order valence-electron chi connectivity index (χ4n) is 2.88. The first-order valence-corrected chi connectivity index (χ1v) is 10.9. The number of aromatic nitrogens is 1. The monoisotopic (exact) mass is 498 g/mol. The summed E-state index contributed by atoms with van der Waals surface area (Å²) >= 11 is 4.82. The third-order valence-electron chi connectivity index (χ3n) is 4.21. The minimum Gasteiger partial charge on any atom is -0.492 e. The van der Waals surface area contributed by atoms with Gasteiger partial charge in [-0.2, -0.15) is 4.98 Å². The summed E-state index contributed by atoms with van der Waals surface area (Å²) in [7, 11) is 3.64. The number of fused-ring (bicyclic) bond motifs is 1. The smallest absolute Gasteiger partial charge is 0.240 e. The molecule has 1 amide bonds. The SMILES string of the molecule is CN(C)CC(=O)NC1=Nc2c/c(=C\c3sc(Nc4ccccc4Br)nc3O)ccc2=N1. The molecule has 1 aliphatic heterocycles. The number of thiazole rings is 1. The number of benzene rings is 2. The number of halogens is 1. The van der Waals surface area contributed by atoms with E-state index in [-0.39, 0.29) is 24.3 Å². The van der Waals surface area contributed by atoms with Crippen molar-refractivity contribution in [3.8, 4) is 5.88 Å². The standard InChI is InChI=1S/C21H19BrN6O2S/c1-28(2)11-18(29)26-20-23-15-8-7-12(9-16(15)24-20)10-17-19(30)27-21(31-17)25-14-6-4-3-5-13(14)22/h3-10,30H,11H2,1-2H3,(H,25,27)(H,24,26,29)/b12-10-. The van der Waals surface area contributed by atoms with Gasteiger partial charge in [-0.3, -0.25) is 10.1 Å². The number of hydrogen-bond acceptors (Lipinski definition) is 8. The minimum atomic E-state index is -0.174. The van der Waals surface area contributed by atoms with Gasteiger partial charge >= 0.3 is 0 Å². The van der Waals surface area contributed by atoms with E-state index in [9.17, 15) is 9.90 Å². The molecule has 0 radical (unpaired) electrons. The summed E-state index contributed by atoms with van der Waals surface area (Å²) in [6, 6.07) is 13.2. The Kier molecular flexibility index (Phi) is 6.12. The molecule has 1 aliphatic rings. The van der Waals surface area contributed by atoms with Crippen molar-refractivity contribution in [1.82, 2.24) is 15.2 Å². The number of carbonyl (C=O) groups excluding carboxylic acids is 1. The highest BCUT2D eigenvalue weighted by atomic mass is 79.9. The molecule has 1 aromatic heterocycles. The number of guanidine groups is 1. The number of rotatable bonds is 5. The van der Waals surface area contributed by atoms with Gasteiger partial charge in [0.25, 0.3) is 0 Å². The summed E-state index contributed by atoms with van der Waals surface area (Å²) in [6.07, 6.45) is 1.83. The second-order valence-electron chi connectivity index (χ2n) is 7.04. The molecule has 0 saturated carbocycles. The second-order valence-corrected chi connectivity index (χ2v) is 8.92. The average Bonchev–Trinajstić information content (AvgIpc) is 3.25. The number of amides is 1. The lowest BCUT2D eigenvalue weighted by Crippen LogP contribution is -2.36. The van der Waals surface area contributed by atoms with Gasteiger partial charge in [0.1, 0.15) is 0 Å². The van der Waals surface area contributed by atoms with Crippen molar-refractivity contribution in [1.29, 1.82) is 0 Å². The maximum atomic E-state index is 11.9. The second kappa shape index (κ2) is 8.96. The third kappa shape index (κ3) is 5.16. The Morgan fingerprint density at radius 2 is 2.03 bits per heavy atom. The molecule has 3 aromatic rings. The van der Waals surface area contributed by atoms with Crippen LogP contribution < -0.4 is 21.2 Å². The first kappa shape index (κ1) is 21.2. The Bertz CT molecular complexity index is 1300. The fourth-order valence-corrected chi connectivity index (χ4v) is 4.09. The van der Waals surface area contributed by atoms with E-state index in [2.05, 4.69) is 41.5 Å². The number of nitrogens with zero attached hydrogens (tertiary/aromatic N) is 4. The molecule has 8 nitrogen and oxygen atoms in total. The van der Waals surface area contributed by atoms with E-state index in [4.69, 9.17) is 0 Å². The molecule has 0 spiro atoms. The maximum Gasteiger partial charge on any atom is 0.240 e. The van der Waals surface area contributed by atoms with Crippen LogP contribution in [0.2, 0.25) is 0 Å². The van der Waals surface area contributed by atoms with Crippen molar-refractivity contribution in [3.63, 3.8) is 0 Å². The van der Waals surface area contributed by atoms with Gasteiger partial charge in [-0.25, -0.2) is 9.98 Å².